The van der Waals surface area contributed by atoms with E-state index in [1.54, 1.807) is 6.07 Å². The highest BCUT2D eigenvalue weighted by Crippen LogP contribution is 2.38. The van der Waals surface area contributed by atoms with E-state index >= 15 is 0 Å². The summed E-state index contributed by atoms with van der Waals surface area (Å²) < 4.78 is 6.01. The largest absolute Gasteiger partial charge is 0.440 e. The van der Waals surface area contributed by atoms with Gasteiger partial charge in [0.25, 0.3) is 0 Å². The van der Waals surface area contributed by atoms with Crippen molar-refractivity contribution in [1.82, 2.24) is 0 Å². The summed E-state index contributed by atoms with van der Waals surface area (Å²) >= 11 is 0. The number of nitrogens with zero attached hydrogens (tertiary/aromatic N) is 1. The normalized spacial score (nSPS) is 17.9. The first-order chi connectivity index (χ1) is 10.9. The van der Waals surface area contributed by atoms with E-state index in [1.165, 1.54) is 6.42 Å². The smallest absolute Gasteiger partial charge is 0.199 e. The van der Waals surface area contributed by atoms with Gasteiger partial charge in [-0.05, 0) is 49.7 Å². The van der Waals surface area contributed by atoms with Gasteiger partial charge in [0.15, 0.2) is 11.3 Å². The van der Waals surface area contributed by atoms with Gasteiger partial charge in [0.05, 0.1) is 5.39 Å². The lowest BCUT2D eigenvalue weighted by Gasteiger charge is -2.40. The first-order valence-electron chi connectivity index (χ1n) is 8.66. The minimum atomic E-state index is 0.0560. The van der Waals surface area contributed by atoms with Crippen molar-refractivity contribution < 1.29 is 4.42 Å². The number of hydrogen-bond donors (Lipinski definition) is 0. The Bertz CT molecular complexity index is 752. The maximum Gasteiger partial charge on any atom is 0.199 e. The highest BCUT2D eigenvalue weighted by Gasteiger charge is 2.31. The van der Waals surface area contributed by atoms with Crippen LogP contribution in [0.5, 0.6) is 0 Å². The summed E-state index contributed by atoms with van der Waals surface area (Å²) in [6.07, 6.45) is 3.57. The van der Waals surface area contributed by atoms with Crippen LogP contribution in [0, 0.1) is 18.3 Å². The van der Waals surface area contributed by atoms with Crippen LogP contribution < -0.4 is 10.3 Å². The summed E-state index contributed by atoms with van der Waals surface area (Å²) in [5, 5.41) is 0.676. The van der Waals surface area contributed by atoms with Crippen molar-refractivity contribution in [3.05, 3.63) is 40.1 Å². The van der Waals surface area contributed by atoms with Crippen molar-refractivity contribution in [1.29, 1.82) is 0 Å². The zero-order valence-corrected chi connectivity index (χ0v) is 14.7. The van der Waals surface area contributed by atoms with E-state index in [1.807, 2.05) is 25.1 Å². The molecule has 0 saturated carbocycles. The number of aryl methyl sites for hydroxylation is 1. The molecule has 124 valence electrons. The van der Waals surface area contributed by atoms with E-state index in [9.17, 15) is 4.79 Å². The molecule has 1 aliphatic heterocycles. The van der Waals surface area contributed by atoms with E-state index in [4.69, 9.17) is 4.42 Å². The molecule has 1 aliphatic rings. The second-order valence-electron chi connectivity index (χ2n) is 7.84. The lowest BCUT2D eigenvalue weighted by Crippen LogP contribution is -2.39. The molecular formula is C20H27NO2. The van der Waals surface area contributed by atoms with Gasteiger partial charge in [-0.25, -0.2) is 0 Å². The predicted molar refractivity (Wildman–Crippen MR) is 96.2 cm³/mol. The first-order valence-corrected chi connectivity index (χ1v) is 8.66. The number of piperidine rings is 1. The molecule has 2 aromatic rings. The van der Waals surface area contributed by atoms with E-state index < -0.39 is 0 Å². The molecule has 3 nitrogen and oxygen atoms in total. The molecule has 2 heterocycles. The van der Waals surface area contributed by atoms with E-state index in [0.717, 1.165) is 43.3 Å². The van der Waals surface area contributed by atoms with Gasteiger partial charge >= 0.3 is 0 Å². The van der Waals surface area contributed by atoms with Gasteiger partial charge in [-0.2, -0.15) is 0 Å². The second kappa shape index (κ2) is 6.03. The standard InChI is InChI=1S/C20H27NO2/c1-14(2)13-20(4)7-9-21(10-8-20)19-12-17(22)16-11-15(3)5-6-18(16)23-19/h5-6,11-12,14H,7-10,13H2,1-4H3. The molecule has 0 atom stereocenters. The molecule has 1 aromatic carbocycles. The molecule has 0 bridgehead atoms. The zero-order valence-electron chi connectivity index (χ0n) is 14.7. The van der Waals surface area contributed by atoms with E-state index in [2.05, 4.69) is 25.7 Å². The summed E-state index contributed by atoms with van der Waals surface area (Å²) in [5.41, 5.74) is 2.24. The van der Waals surface area contributed by atoms with Gasteiger partial charge in [-0.1, -0.05) is 32.4 Å². The Balaban J connectivity index is 1.82. The Morgan fingerprint density at radius 1 is 1.22 bits per heavy atom. The number of anilines is 1. The van der Waals surface area contributed by atoms with Crippen LogP contribution in [0.2, 0.25) is 0 Å². The van der Waals surface area contributed by atoms with Crippen LogP contribution in [0.15, 0.2) is 33.5 Å². The average molecular weight is 313 g/mol. The van der Waals surface area contributed by atoms with Gasteiger partial charge in [0, 0.05) is 19.2 Å². The van der Waals surface area contributed by atoms with Gasteiger partial charge in [0.1, 0.15) is 5.58 Å². The Hall–Kier alpha value is -1.77. The topological polar surface area (TPSA) is 33.5 Å². The molecule has 0 amide bonds. The van der Waals surface area contributed by atoms with Gasteiger partial charge in [0.2, 0.25) is 0 Å². The molecule has 1 aromatic heterocycles. The van der Waals surface area contributed by atoms with Crippen molar-refractivity contribution in [2.24, 2.45) is 11.3 Å². The molecule has 3 heteroatoms. The second-order valence-corrected chi connectivity index (χ2v) is 7.84. The number of benzene rings is 1. The third kappa shape index (κ3) is 3.44. The monoisotopic (exact) mass is 313 g/mol. The lowest BCUT2D eigenvalue weighted by molar-refractivity contribution is 0.197. The summed E-state index contributed by atoms with van der Waals surface area (Å²) in [5.74, 6) is 1.45. The van der Waals surface area contributed by atoms with Gasteiger partial charge in [-0.3, -0.25) is 4.79 Å². The van der Waals surface area contributed by atoms with Crippen LogP contribution in [0.4, 0.5) is 5.88 Å². The Kier molecular flexibility index (Phi) is 4.22. The molecule has 0 aliphatic carbocycles. The predicted octanol–water partition coefficient (Wildman–Crippen LogP) is 4.75. The Morgan fingerprint density at radius 2 is 1.91 bits per heavy atom. The minimum Gasteiger partial charge on any atom is -0.440 e. The van der Waals surface area contributed by atoms with Crippen LogP contribution in [-0.4, -0.2) is 13.1 Å². The molecular weight excluding hydrogens is 286 g/mol. The average Bonchev–Trinajstić information content (AvgIpc) is 2.47. The Labute approximate surface area is 138 Å². The SMILES string of the molecule is Cc1ccc2oc(N3CCC(C)(CC(C)C)CC3)cc(=O)c2c1. The maximum absolute atomic E-state index is 12.4. The lowest BCUT2D eigenvalue weighted by atomic mass is 9.74. The Morgan fingerprint density at radius 3 is 2.57 bits per heavy atom. The fourth-order valence-corrected chi connectivity index (χ4v) is 3.87. The number of hydrogen-bond acceptors (Lipinski definition) is 3. The third-order valence-electron chi connectivity index (χ3n) is 5.05. The van der Waals surface area contributed by atoms with Crippen LogP contribution in [0.1, 0.15) is 45.6 Å². The fraction of sp³-hybridized carbons (Fsp3) is 0.550. The number of rotatable bonds is 3. The van der Waals surface area contributed by atoms with Crippen LogP contribution >= 0.6 is 0 Å². The van der Waals surface area contributed by atoms with Gasteiger partial charge in [-0.15, -0.1) is 0 Å². The van der Waals surface area contributed by atoms with E-state index in [-0.39, 0.29) is 5.43 Å². The van der Waals surface area contributed by atoms with E-state index in [0.29, 0.717) is 16.4 Å². The van der Waals surface area contributed by atoms with Crippen LogP contribution in [0.3, 0.4) is 0 Å². The molecule has 1 saturated heterocycles. The molecule has 3 rings (SSSR count). The minimum absolute atomic E-state index is 0.0560. The molecule has 0 N–H and O–H groups in total. The van der Waals surface area contributed by atoms with Crippen molar-refractivity contribution in [2.45, 2.75) is 47.0 Å². The summed E-state index contributed by atoms with van der Waals surface area (Å²) in [6.45, 7) is 10.9. The number of fused-ring (bicyclic) bond motifs is 1. The third-order valence-corrected chi connectivity index (χ3v) is 5.05. The van der Waals surface area contributed by atoms with Crippen molar-refractivity contribution in [3.8, 4) is 0 Å². The molecule has 0 unspecified atom stereocenters. The highest BCUT2D eigenvalue weighted by molar-refractivity contribution is 5.78. The van der Waals surface area contributed by atoms with Crippen LogP contribution in [-0.2, 0) is 0 Å². The first kappa shape index (κ1) is 16.1. The van der Waals surface area contributed by atoms with Crippen molar-refractivity contribution in [3.63, 3.8) is 0 Å². The molecule has 0 radical (unpaired) electrons. The van der Waals surface area contributed by atoms with Crippen LogP contribution in [0.25, 0.3) is 11.0 Å². The molecule has 1 fully saturated rings. The quantitative estimate of drug-likeness (QED) is 0.819. The van der Waals surface area contributed by atoms with Gasteiger partial charge < -0.3 is 9.32 Å². The highest BCUT2D eigenvalue weighted by atomic mass is 16.4. The summed E-state index contributed by atoms with van der Waals surface area (Å²) in [6, 6.07) is 7.46. The molecule has 0 spiro atoms. The fourth-order valence-electron chi connectivity index (χ4n) is 3.87. The molecule has 23 heavy (non-hydrogen) atoms. The summed E-state index contributed by atoms with van der Waals surface area (Å²) in [7, 11) is 0. The van der Waals surface area contributed by atoms with Crippen molar-refractivity contribution in [2.75, 3.05) is 18.0 Å². The maximum atomic E-state index is 12.4. The van der Waals surface area contributed by atoms with Crippen molar-refractivity contribution >= 4 is 16.9 Å². The zero-order chi connectivity index (χ0) is 16.6. The summed E-state index contributed by atoms with van der Waals surface area (Å²) in [4.78, 5) is 14.6.